The Balaban J connectivity index is 2.06. The molecule has 6 heteroatoms. The first kappa shape index (κ1) is 17.7. The van der Waals surface area contributed by atoms with Crippen LogP contribution in [0.15, 0.2) is 42.6 Å². The summed E-state index contributed by atoms with van der Waals surface area (Å²) < 4.78 is 18.7. The van der Waals surface area contributed by atoms with Gasteiger partial charge in [0.15, 0.2) is 12.4 Å². The van der Waals surface area contributed by atoms with Crippen LogP contribution in [-0.4, -0.2) is 37.3 Å². The molecule has 0 radical (unpaired) electrons. The topological polar surface area (TPSA) is 58.6 Å². The lowest BCUT2D eigenvalue weighted by molar-refractivity contribution is -0.118. The number of amides is 1. The van der Waals surface area contributed by atoms with Crippen molar-refractivity contribution >= 4 is 23.0 Å². The lowest BCUT2D eigenvalue weighted by Gasteiger charge is -2.20. The fraction of sp³-hybridized carbons (Fsp3) is 0.200. The molecule has 0 unspecified atom stereocenters. The van der Waals surface area contributed by atoms with Crippen molar-refractivity contribution in [2.75, 3.05) is 26.0 Å². The Morgan fingerprint density at radius 1 is 1.23 bits per heavy atom. The summed E-state index contributed by atoms with van der Waals surface area (Å²) in [7, 11) is 3.63. The van der Waals surface area contributed by atoms with Gasteiger partial charge in [-0.05, 0) is 48.4 Å². The van der Waals surface area contributed by atoms with Crippen molar-refractivity contribution in [2.45, 2.75) is 6.92 Å². The zero-order valence-corrected chi connectivity index (χ0v) is 14.8. The van der Waals surface area contributed by atoms with Gasteiger partial charge in [0.25, 0.3) is 5.91 Å². The first-order valence-electron chi connectivity index (χ1n) is 8.11. The molecular weight excluding hydrogens is 335 g/mol. The molecule has 26 heavy (non-hydrogen) atoms. The molecule has 2 aromatic carbocycles. The predicted octanol–water partition coefficient (Wildman–Crippen LogP) is 3.25. The van der Waals surface area contributed by atoms with E-state index in [0.29, 0.717) is 33.7 Å². The second-order valence-corrected chi connectivity index (χ2v) is 6.34. The Morgan fingerprint density at radius 2 is 2.00 bits per heavy atom. The Labute approximate surface area is 151 Å². The summed E-state index contributed by atoms with van der Waals surface area (Å²) in [6, 6.07) is 9.29. The van der Waals surface area contributed by atoms with Crippen molar-refractivity contribution in [2.24, 2.45) is 0 Å². The molecule has 5 nitrogen and oxygen atoms in total. The molecule has 1 aliphatic rings. The summed E-state index contributed by atoms with van der Waals surface area (Å²) in [5.41, 5.74) is 2.59. The average molecular weight is 354 g/mol. The molecule has 3 rings (SSSR count). The number of Topliss-reactive ketones (excluding diaryl/α,β-unsaturated/α-hetero) is 1. The van der Waals surface area contributed by atoms with Crippen LogP contribution in [0.25, 0.3) is 5.57 Å². The molecule has 0 saturated carbocycles. The van der Waals surface area contributed by atoms with E-state index in [1.54, 1.807) is 36.2 Å². The van der Waals surface area contributed by atoms with Gasteiger partial charge in [0, 0.05) is 31.4 Å². The molecule has 0 aromatic heterocycles. The molecule has 1 aliphatic heterocycles. The molecule has 0 saturated heterocycles. The standard InChI is InChI=1S/C20H19FN2O3/c1-12-8-14(21)5-6-15(12)20(25)16(10-23(2)3)13-4-7-18-17(9-13)22-19(24)11-26-18/h4-10H,11H2,1-3H3,(H,22,24)/b16-10+. The number of nitrogens with one attached hydrogen (secondary N) is 1. The molecule has 0 spiro atoms. The van der Waals surface area contributed by atoms with Crippen LogP contribution < -0.4 is 10.1 Å². The SMILES string of the molecule is Cc1cc(F)ccc1C(=O)/C(=C/N(C)C)c1ccc2c(c1)NC(=O)CO2. The molecule has 0 fully saturated rings. The highest BCUT2D eigenvalue weighted by atomic mass is 19.1. The fourth-order valence-corrected chi connectivity index (χ4v) is 2.80. The number of ether oxygens (including phenoxy) is 1. The van der Waals surface area contributed by atoms with Crippen LogP contribution in [0.1, 0.15) is 21.5 Å². The maximum atomic E-state index is 13.4. The summed E-state index contributed by atoms with van der Waals surface area (Å²) in [6.07, 6.45) is 1.71. The van der Waals surface area contributed by atoms with Gasteiger partial charge in [-0.15, -0.1) is 0 Å². The number of rotatable bonds is 4. The third-order valence-electron chi connectivity index (χ3n) is 3.99. The minimum atomic E-state index is -0.383. The number of carbonyl (C=O) groups is 2. The van der Waals surface area contributed by atoms with Crippen LogP contribution in [0.2, 0.25) is 0 Å². The number of fused-ring (bicyclic) bond motifs is 1. The largest absolute Gasteiger partial charge is 0.482 e. The Morgan fingerprint density at radius 3 is 2.69 bits per heavy atom. The van der Waals surface area contributed by atoms with Crippen LogP contribution in [0.3, 0.4) is 0 Å². The van der Waals surface area contributed by atoms with E-state index in [2.05, 4.69) is 5.32 Å². The van der Waals surface area contributed by atoms with Crippen molar-refractivity contribution in [1.82, 2.24) is 4.90 Å². The minimum Gasteiger partial charge on any atom is -0.482 e. The number of benzene rings is 2. The highest BCUT2D eigenvalue weighted by Crippen LogP contribution is 2.32. The molecule has 2 aromatic rings. The third-order valence-corrected chi connectivity index (χ3v) is 3.99. The van der Waals surface area contributed by atoms with E-state index in [1.807, 2.05) is 14.1 Å². The molecule has 1 heterocycles. The lowest BCUT2D eigenvalue weighted by Crippen LogP contribution is -2.25. The smallest absolute Gasteiger partial charge is 0.262 e. The van der Waals surface area contributed by atoms with Crippen LogP contribution in [0.5, 0.6) is 5.75 Å². The molecule has 1 amide bonds. The quantitative estimate of drug-likeness (QED) is 0.676. The number of allylic oxidation sites excluding steroid dienone is 1. The highest BCUT2D eigenvalue weighted by molar-refractivity contribution is 6.29. The second kappa shape index (κ2) is 7.00. The van der Waals surface area contributed by atoms with Gasteiger partial charge in [0.2, 0.25) is 0 Å². The second-order valence-electron chi connectivity index (χ2n) is 6.34. The molecule has 134 valence electrons. The predicted molar refractivity (Wildman–Crippen MR) is 97.7 cm³/mol. The summed E-state index contributed by atoms with van der Waals surface area (Å²) in [5, 5.41) is 2.74. The van der Waals surface area contributed by atoms with Gasteiger partial charge in [-0.2, -0.15) is 0 Å². The van der Waals surface area contributed by atoms with E-state index < -0.39 is 0 Å². The monoisotopic (exact) mass is 354 g/mol. The molecule has 0 bridgehead atoms. The van der Waals surface area contributed by atoms with Crippen LogP contribution in [-0.2, 0) is 4.79 Å². The summed E-state index contributed by atoms with van der Waals surface area (Å²) in [4.78, 5) is 26.4. The zero-order valence-electron chi connectivity index (χ0n) is 14.8. The Kier molecular flexibility index (Phi) is 4.75. The van der Waals surface area contributed by atoms with E-state index in [-0.39, 0.29) is 24.1 Å². The van der Waals surface area contributed by atoms with Gasteiger partial charge in [0.05, 0.1) is 5.69 Å². The van der Waals surface area contributed by atoms with Gasteiger partial charge in [0.1, 0.15) is 11.6 Å². The van der Waals surface area contributed by atoms with Gasteiger partial charge >= 0.3 is 0 Å². The molecular formula is C20H19FN2O3. The van der Waals surface area contributed by atoms with E-state index in [4.69, 9.17) is 4.74 Å². The summed E-state index contributed by atoms with van der Waals surface area (Å²) in [5.74, 6) is -0.290. The van der Waals surface area contributed by atoms with E-state index >= 15 is 0 Å². The van der Waals surface area contributed by atoms with Crippen molar-refractivity contribution in [3.05, 3.63) is 65.1 Å². The third kappa shape index (κ3) is 3.59. The number of nitrogens with zero attached hydrogens (tertiary/aromatic N) is 1. The van der Waals surface area contributed by atoms with E-state index in [0.717, 1.165) is 0 Å². The number of hydrogen-bond donors (Lipinski definition) is 1. The Bertz CT molecular complexity index is 919. The summed E-state index contributed by atoms with van der Waals surface area (Å²) in [6.45, 7) is 1.67. The first-order chi connectivity index (χ1) is 12.3. The molecule has 0 atom stereocenters. The number of ketones is 1. The lowest BCUT2D eigenvalue weighted by atomic mass is 9.94. The van der Waals surface area contributed by atoms with E-state index in [1.165, 1.54) is 18.2 Å². The van der Waals surface area contributed by atoms with Crippen LogP contribution in [0, 0.1) is 12.7 Å². The van der Waals surface area contributed by atoms with Crippen LogP contribution in [0.4, 0.5) is 10.1 Å². The molecule has 1 N–H and O–H groups in total. The fourth-order valence-electron chi connectivity index (χ4n) is 2.80. The Hall–Kier alpha value is -3.15. The number of aryl methyl sites for hydroxylation is 1. The van der Waals surface area contributed by atoms with Gasteiger partial charge in [-0.1, -0.05) is 6.07 Å². The van der Waals surface area contributed by atoms with Crippen molar-refractivity contribution in [1.29, 1.82) is 0 Å². The normalized spacial score (nSPS) is 13.5. The number of carbonyl (C=O) groups excluding carboxylic acids is 2. The zero-order chi connectivity index (χ0) is 18.8. The van der Waals surface area contributed by atoms with E-state index in [9.17, 15) is 14.0 Å². The minimum absolute atomic E-state index is 0.0273. The van der Waals surface area contributed by atoms with Gasteiger partial charge < -0.3 is 15.0 Å². The highest BCUT2D eigenvalue weighted by Gasteiger charge is 2.21. The molecule has 0 aliphatic carbocycles. The number of hydrogen-bond acceptors (Lipinski definition) is 4. The van der Waals surface area contributed by atoms with Crippen molar-refractivity contribution in [3.8, 4) is 5.75 Å². The van der Waals surface area contributed by atoms with Gasteiger partial charge in [-0.25, -0.2) is 4.39 Å². The van der Waals surface area contributed by atoms with Crippen molar-refractivity contribution in [3.63, 3.8) is 0 Å². The maximum absolute atomic E-state index is 13.4. The maximum Gasteiger partial charge on any atom is 0.262 e. The van der Waals surface area contributed by atoms with Crippen LogP contribution >= 0.6 is 0 Å². The van der Waals surface area contributed by atoms with Gasteiger partial charge in [-0.3, -0.25) is 9.59 Å². The number of anilines is 1. The number of halogens is 1. The summed E-state index contributed by atoms with van der Waals surface area (Å²) >= 11 is 0. The average Bonchev–Trinajstić information content (AvgIpc) is 2.58. The van der Waals surface area contributed by atoms with Crippen molar-refractivity contribution < 1.29 is 18.7 Å². The first-order valence-corrected chi connectivity index (χ1v) is 8.11.